The Labute approximate surface area is 201 Å². The second kappa shape index (κ2) is 10.7. The first-order chi connectivity index (χ1) is 16.5. The largest absolute Gasteiger partial charge is 0.490 e. The number of hydrogen-bond donors (Lipinski definition) is 1. The van der Waals surface area contributed by atoms with Gasteiger partial charge in [-0.25, -0.2) is 9.79 Å². The van der Waals surface area contributed by atoms with Crippen molar-refractivity contribution in [3.8, 4) is 5.75 Å². The second-order valence-electron chi connectivity index (χ2n) is 7.40. The minimum atomic E-state index is -0.989. The van der Waals surface area contributed by atoms with Crippen LogP contribution in [-0.2, 0) is 11.3 Å². The first kappa shape index (κ1) is 23.1. The molecular formula is C27H22N2O4S. The number of carbonyl (C=O) groups is 2. The highest BCUT2D eigenvalue weighted by Crippen LogP contribution is 2.35. The van der Waals surface area contributed by atoms with Crippen LogP contribution in [0.1, 0.15) is 21.5 Å². The average Bonchev–Trinajstić information content (AvgIpc) is 3.13. The molecule has 0 spiro atoms. The number of carbonyl (C=O) groups excluding carboxylic acids is 1. The molecule has 1 aliphatic rings. The summed E-state index contributed by atoms with van der Waals surface area (Å²) in [6.07, 6.45) is 3.51. The van der Waals surface area contributed by atoms with Gasteiger partial charge in [-0.15, -0.1) is 0 Å². The predicted molar refractivity (Wildman–Crippen MR) is 135 cm³/mol. The molecule has 3 aromatic carbocycles. The number of aromatic carboxylic acids is 1. The molecule has 1 saturated heterocycles. The SMILES string of the molecule is C=CCOc1ccc(/C=C2/SC(=Nc3ccccc3)N(Cc3ccc(C(=O)O)cc3)C2=O)cc1. The van der Waals surface area contributed by atoms with Crippen LogP contribution < -0.4 is 4.74 Å². The van der Waals surface area contributed by atoms with Gasteiger partial charge in [0.2, 0.25) is 0 Å². The van der Waals surface area contributed by atoms with Crippen LogP contribution in [0.4, 0.5) is 5.69 Å². The van der Waals surface area contributed by atoms with Crippen LogP contribution in [0.25, 0.3) is 6.08 Å². The van der Waals surface area contributed by atoms with Gasteiger partial charge < -0.3 is 9.84 Å². The van der Waals surface area contributed by atoms with Crippen molar-refractivity contribution in [2.45, 2.75) is 6.54 Å². The van der Waals surface area contributed by atoms with Gasteiger partial charge in [0.05, 0.1) is 22.7 Å². The molecule has 0 saturated carbocycles. The number of thioether (sulfide) groups is 1. The van der Waals surface area contributed by atoms with Gasteiger partial charge in [-0.3, -0.25) is 9.69 Å². The highest BCUT2D eigenvalue weighted by atomic mass is 32.2. The summed E-state index contributed by atoms with van der Waals surface area (Å²) in [5.74, 6) is -0.420. The van der Waals surface area contributed by atoms with E-state index in [4.69, 9.17) is 14.8 Å². The van der Waals surface area contributed by atoms with E-state index in [2.05, 4.69) is 6.58 Å². The lowest BCUT2D eigenvalue weighted by atomic mass is 10.1. The predicted octanol–water partition coefficient (Wildman–Crippen LogP) is 5.75. The number of rotatable bonds is 8. The van der Waals surface area contributed by atoms with Gasteiger partial charge in [0.15, 0.2) is 5.17 Å². The minimum absolute atomic E-state index is 0.158. The van der Waals surface area contributed by atoms with Crippen LogP contribution in [0, 0.1) is 0 Å². The quantitative estimate of drug-likeness (QED) is 0.335. The maximum absolute atomic E-state index is 13.3. The monoisotopic (exact) mass is 470 g/mol. The molecule has 4 rings (SSSR count). The van der Waals surface area contributed by atoms with Crippen molar-refractivity contribution in [3.05, 3.63) is 113 Å². The Bertz CT molecular complexity index is 1250. The molecule has 0 atom stereocenters. The summed E-state index contributed by atoms with van der Waals surface area (Å²) in [5.41, 5.74) is 2.62. The van der Waals surface area contributed by atoms with E-state index in [0.29, 0.717) is 16.7 Å². The molecule has 1 fully saturated rings. The number of aliphatic imine (C=N–C) groups is 1. The van der Waals surface area contributed by atoms with E-state index in [-0.39, 0.29) is 18.0 Å². The molecule has 0 aliphatic carbocycles. The molecular weight excluding hydrogens is 448 g/mol. The lowest BCUT2D eigenvalue weighted by Crippen LogP contribution is -2.28. The maximum Gasteiger partial charge on any atom is 0.335 e. The van der Waals surface area contributed by atoms with Gasteiger partial charge in [-0.05, 0) is 65.4 Å². The first-order valence-corrected chi connectivity index (χ1v) is 11.4. The summed E-state index contributed by atoms with van der Waals surface area (Å²) in [6, 6.07) is 23.4. The summed E-state index contributed by atoms with van der Waals surface area (Å²) >= 11 is 1.31. The number of hydrogen-bond acceptors (Lipinski definition) is 5. The molecule has 1 N–H and O–H groups in total. The number of para-hydroxylation sites is 1. The summed E-state index contributed by atoms with van der Waals surface area (Å²) in [6.45, 7) is 4.35. The standard InChI is InChI=1S/C27H22N2O4S/c1-2-16-33-23-14-10-19(11-15-23)17-24-25(30)29(18-20-8-12-21(13-9-20)26(31)32)27(34-24)28-22-6-4-3-5-7-22/h2-15,17H,1,16,18H2,(H,31,32)/b24-17+,28-27?. The van der Waals surface area contributed by atoms with Crippen molar-refractivity contribution in [2.24, 2.45) is 4.99 Å². The Morgan fingerprint density at radius 1 is 1.03 bits per heavy atom. The van der Waals surface area contributed by atoms with Crippen molar-refractivity contribution >= 4 is 40.6 Å². The average molecular weight is 471 g/mol. The van der Waals surface area contributed by atoms with Gasteiger partial charge in [-0.2, -0.15) is 0 Å². The number of amidine groups is 1. The van der Waals surface area contributed by atoms with Crippen molar-refractivity contribution < 1.29 is 19.4 Å². The highest BCUT2D eigenvalue weighted by Gasteiger charge is 2.33. The fraction of sp³-hybridized carbons (Fsp3) is 0.0741. The minimum Gasteiger partial charge on any atom is -0.490 e. The Balaban J connectivity index is 1.61. The van der Waals surface area contributed by atoms with Gasteiger partial charge >= 0.3 is 5.97 Å². The number of ether oxygens (including phenoxy) is 1. The van der Waals surface area contributed by atoms with Crippen LogP contribution in [0.5, 0.6) is 5.75 Å². The molecule has 0 unspecified atom stereocenters. The fourth-order valence-electron chi connectivity index (χ4n) is 3.25. The molecule has 1 aliphatic heterocycles. The molecule has 0 radical (unpaired) electrons. The Morgan fingerprint density at radius 3 is 2.38 bits per heavy atom. The number of carboxylic acids is 1. The van der Waals surface area contributed by atoms with Gasteiger partial charge in [-0.1, -0.05) is 55.1 Å². The Morgan fingerprint density at radius 2 is 1.74 bits per heavy atom. The van der Waals surface area contributed by atoms with Crippen molar-refractivity contribution in [1.29, 1.82) is 0 Å². The van der Waals surface area contributed by atoms with Crippen molar-refractivity contribution in [2.75, 3.05) is 6.61 Å². The molecule has 0 bridgehead atoms. The van der Waals surface area contributed by atoms with E-state index in [1.807, 2.05) is 60.7 Å². The van der Waals surface area contributed by atoms with Gasteiger partial charge in [0.25, 0.3) is 5.91 Å². The molecule has 6 nitrogen and oxygen atoms in total. The summed E-state index contributed by atoms with van der Waals surface area (Å²) < 4.78 is 5.52. The van der Waals surface area contributed by atoms with E-state index >= 15 is 0 Å². The van der Waals surface area contributed by atoms with E-state index in [1.165, 1.54) is 23.9 Å². The Hall–Kier alpha value is -4.10. The van der Waals surface area contributed by atoms with Crippen LogP contribution >= 0.6 is 11.8 Å². The van der Waals surface area contributed by atoms with Crippen LogP contribution in [0.15, 0.2) is 101 Å². The van der Waals surface area contributed by atoms with Crippen molar-refractivity contribution in [3.63, 3.8) is 0 Å². The molecule has 7 heteroatoms. The normalized spacial score (nSPS) is 15.6. The third-order valence-corrected chi connectivity index (χ3v) is 5.96. The second-order valence-corrected chi connectivity index (χ2v) is 8.41. The number of carboxylic acid groups (broad SMARTS) is 1. The van der Waals surface area contributed by atoms with E-state index in [0.717, 1.165) is 22.6 Å². The molecule has 0 aromatic heterocycles. The topological polar surface area (TPSA) is 79.2 Å². The summed E-state index contributed by atoms with van der Waals surface area (Å²) in [7, 11) is 0. The Kier molecular flexibility index (Phi) is 7.25. The zero-order valence-electron chi connectivity index (χ0n) is 18.3. The van der Waals surface area contributed by atoms with Crippen LogP contribution in [-0.4, -0.2) is 33.7 Å². The molecule has 170 valence electrons. The summed E-state index contributed by atoms with van der Waals surface area (Å²) in [4.78, 5) is 31.3. The number of benzene rings is 3. The first-order valence-electron chi connectivity index (χ1n) is 10.5. The van der Waals surface area contributed by atoms with E-state index in [9.17, 15) is 9.59 Å². The summed E-state index contributed by atoms with van der Waals surface area (Å²) in [5, 5.41) is 9.70. The van der Waals surface area contributed by atoms with E-state index in [1.54, 1.807) is 23.1 Å². The third kappa shape index (κ3) is 5.63. The zero-order chi connectivity index (χ0) is 23.9. The number of nitrogens with zero attached hydrogens (tertiary/aromatic N) is 2. The van der Waals surface area contributed by atoms with Gasteiger partial charge in [0.1, 0.15) is 12.4 Å². The lowest BCUT2D eigenvalue weighted by Gasteiger charge is -2.16. The third-order valence-electron chi connectivity index (χ3n) is 4.96. The highest BCUT2D eigenvalue weighted by molar-refractivity contribution is 8.18. The number of amides is 1. The zero-order valence-corrected chi connectivity index (χ0v) is 19.1. The molecule has 34 heavy (non-hydrogen) atoms. The smallest absolute Gasteiger partial charge is 0.335 e. The van der Waals surface area contributed by atoms with Crippen molar-refractivity contribution in [1.82, 2.24) is 4.90 Å². The molecule has 1 amide bonds. The maximum atomic E-state index is 13.3. The molecule has 1 heterocycles. The molecule has 3 aromatic rings. The lowest BCUT2D eigenvalue weighted by molar-refractivity contribution is -0.122. The fourth-order valence-corrected chi connectivity index (χ4v) is 4.24. The van der Waals surface area contributed by atoms with Gasteiger partial charge in [0, 0.05) is 0 Å². The van der Waals surface area contributed by atoms with Crippen LogP contribution in [0.2, 0.25) is 0 Å². The van der Waals surface area contributed by atoms with Crippen LogP contribution in [0.3, 0.4) is 0 Å². The van der Waals surface area contributed by atoms with E-state index < -0.39 is 5.97 Å².